The predicted octanol–water partition coefficient (Wildman–Crippen LogP) is 3.51. The van der Waals surface area contributed by atoms with Crippen molar-refractivity contribution >= 4 is 15.9 Å². The van der Waals surface area contributed by atoms with Crippen LogP contribution in [0.1, 0.15) is 24.1 Å². The van der Waals surface area contributed by atoms with Gasteiger partial charge in [0, 0.05) is 5.56 Å². The standard InChI is InChI=1S/C15H16BrNO3/c1-2-17-14(11-5-6-20-15(11)16)10-3-4-12-13(9-10)19-8-7-18-12/h3-6,9,14,17H,2,7-8H2,1H3. The summed E-state index contributed by atoms with van der Waals surface area (Å²) in [7, 11) is 0. The van der Waals surface area contributed by atoms with Crippen LogP contribution in [0, 0.1) is 0 Å². The fraction of sp³-hybridized carbons (Fsp3) is 0.333. The van der Waals surface area contributed by atoms with Gasteiger partial charge in [-0.05, 0) is 46.2 Å². The molecule has 106 valence electrons. The van der Waals surface area contributed by atoms with Crippen LogP contribution >= 0.6 is 15.9 Å². The van der Waals surface area contributed by atoms with E-state index in [1.807, 2.05) is 18.2 Å². The van der Waals surface area contributed by atoms with Crippen LogP contribution in [0.3, 0.4) is 0 Å². The maximum Gasteiger partial charge on any atom is 0.174 e. The lowest BCUT2D eigenvalue weighted by molar-refractivity contribution is 0.171. The molecule has 5 heteroatoms. The summed E-state index contributed by atoms with van der Waals surface area (Å²) >= 11 is 3.45. The van der Waals surface area contributed by atoms with E-state index in [0.717, 1.165) is 33.8 Å². The van der Waals surface area contributed by atoms with Crippen LogP contribution < -0.4 is 14.8 Å². The molecule has 1 atom stereocenters. The molecule has 0 radical (unpaired) electrons. The first kappa shape index (κ1) is 13.5. The number of halogens is 1. The van der Waals surface area contributed by atoms with Crippen LogP contribution in [-0.4, -0.2) is 19.8 Å². The molecule has 0 spiro atoms. The van der Waals surface area contributed by atoms with Gasteiger partial charge in [-0.3, -0.25) is 0 Å². The number of nitrogens with one attached hydrogen (secondary N) is 1. The highest BCUT2D eigenvalue weighted by Crippen LogP contribution is 2.36. The molecule has 0 amide bonds. The van der Waals surface area contributed by atoms with E-state index in [2.05, 4.69) is 34.2 Å². The van der Waals surface area contributed by atoms with Gasteiger partial charge in [-0.25, -0.2) is 0 Å². The van der Waals surface area contributed by atoms with Crippen molar-refractivity contribution in [3.05, 3.63) is 46.3 Å². The molecule has 0 aliphatic carbocycles. The zero-order valence-electron chi connectivity index (χ0n) is 11.2. The Morgan fingerprint density at radius 2 is 2.00 bits per heavy atom. The van der Waals surface area contributed by atoms with Crippen molar-refractivity contribution in [2.24, 2.45) is 0 Å². The molecule has 2 aromatic rings. The molecule has 20 heavy (non-hydrogen) atoms. The van der Waals surface area contributed by atoms with Crippen molar-refractivity contribution in [1.82, 2.24) is 5.32 Å². The van der Waals surface area contributed by atoms with Gasteiger partial charge in [0.1, 0.15) is 13.2 Å². The Labute approximate surface area is 126 Å². The zero-order valence-corrected chi connectivity index (χ0v) is 12.8. The molecule has 0 saturated heterocycles. The third-order valence-electron chi connectivity index (χ3n) is 3.26. The second-order valence-corrected chi connectivity index (χ2v) is 5.26. The minimum absolute atomic E-state index is 0.0592. The molecule has 1 aliphatic rings. The van der Waals surface area contributed by atoms with Gasteiger partial charge in [0.15, 0.2) is 16.2 Å². The van der Waals surface area contributed by atoms with Crippen molar-refractivity contribution in [3.63, 3.8) is 0 Å². The summed E-state index contributed by atoms with van der Waals surface area (Å²) in [6, 6.07) is 8.07. The number of hydrogen-bond acceptors (Lipinski definition) is 4. The summed E-state index contributed by atoms with van der Waals surface area (Å²) in [5.41, 5.74) is 2.20. The second kappa shape index (κ2) is 5.89. The summed E-state index contributed by atoms with van der Waals surface area (Å²) < 4.78 is 17.3. The first-order valence-corrected chi connectivity index (χ1v) is 7.44. The molecule has 0 fully saturated rings. The number of benzene rings is 1. The van der Waals surface area contributed by atoms with Gasteiger partial charge in [-0.2, -0.15) is 0 Å². The highest BCUT2D eigenvalue weighted by atomic mass is 79.9. The van der Waals surface area contributed by atoms with Gasteiger partial charge in [0.05, 0.1) is 12.3 Å². The molecule has 4 nitrogen and oxygen atoms in total. The molecular formula is C15H16BrNO3. The normalized spacial score (nSPS) is 15.1. The van der Waals surface area contributed by atoms with Crippen LogP contribution in [0.4, 0.5) is 0 Å². The molecule has 1 N–H and O–H groups in total. The fourth-order valence-corrected chi connectivity index (χ4v) is 2.83. The van der Waals surface area contributed by atoms with E-state index in [9.17, 15) is 0 Å². The van der Waals surface area contributed by atoms with Gasteiger partial charge in [0.2, 0.25) is 0 Å². The smallest absolute Gasteiger partial charge is 0.174 e. The topological polar surface area (TPSA) is 43.6 Å². The number of hydrogen-bond donors (Lipinski definition) is 1. The molecular weight excluding hydrogens is 322 g/mol. The van der Waals surface area contributed by atoms with Crippen LogP contribution in [0.5, 0.6) is 11.5 Å². The maximum atomic E-state index is 5.65. The third-order valence-corrected chi connectivity index (χ3v) is 3.91. The predicted molar refractivity (Wildman–Crippen MR) is 79.4 cm³/mol. The van der Waals surface area contributed by atoms with E-state index in [1.54, 1.807) is 6.26 Å². The molecule has 0 saturated carbocycles. The lowest BCUT2D eigenvalue weighted by Gasteiger charge is -2.22. The first-order chi connectivity index (χ1) is 9.79. The Balaban J connectivity index is 1.97. The summed E-state index contributed by atoms with van der Waals surface area (Å²) in [6.45, 7) is 4.14. The number of ether oxygens (including phenoxy) is 2. The van der Waals surface area contributed by atoms with E-state index in [4.69, 9.17) is 13.9 Å². The first-order valence-electron chi connectivity index (χ1n) is 6.65. The number of rotatable bonds is 4. The van der Waals surface area contributed by atoms with Crippen molar-refractivity contribution in [2.75, 3.05) is 19.8 Å². The van der Waals surface area contributed by atoms with Gasteiger partial charge in [-0.15, -0.1) is 0 Å². The van der Waals surface area contributed by atoms with E-state index in [1.165, 1.54) is 0 Å². The summed E-state index contributed by atoms with van der Waals surface area (Å²) in [6.07, 6.45) is 1.68. The monoisotopic (exact) mass is 337 g/mol. The Bertz CT molecular complexity index is 597. The minimum atomic E-state index is 0.0592. The minimum Gasteiger partial charge on any atom is -0.486 e. The van der Waals surface area contributed by atoms with Crippen molar-refractivity contribution in [2.45, 2.75) is 13.0 Å². The van der Waals surface area contributed by atoms with E-state index < -0.39 is 0 Å². The summed E-state index contributed by atoms with van der Waals surface area (Å²) in [4.78, 5) is 0. The average Bonchev–Trinajstić information content (AvgIpc) is 2.90. The lowest BCUT2D eigenvalue weighted by atomic mass is 10.0. The van der Waals surface area contributed by atoms with E-state index in [0.29, 0.717) is 13.2 Å². The molecule has 0 bridgehead atoms. The molecule has 1 aromatic heterocycles. The van der Waals surface area contributed by atoms with Crippen molar-refractivity contribution < 1.29 is 13.9 Å². The summed E-state index contributed by atoms with van der Waals surface area (Å²) in [5, 5.41) is 3.46. The van der Waals surface area contributed by atoms with Gasteiger partial charge >= 0.3 is 0 Å². The van der Waals surface area contributed by atoms with Crippen LogP contribution in [0.25, 0.3) is 0 Å². The molecule has 2 heterocycles. The summed E-state index contributed by atoms with van der Waals surface area (Å²) in [5.74, 6) is 1.61. The van der Waals surface area contributed by atoms with Gasteiger partial charge in [0.25, 0.3) is 0 Å². The van der Waals surface area contributed by atoms with Gasteiger partial charge < -0.3 is 19.2 Å². The van der Waals surface area contributed by atoms with Crippen molar-refractivity contribution in [1.29, 1.82) is 0 Å². The second-order valence-electron chi connectivity index (χ2n) is 4.54. The molecule has 1 unspecified atom stereocenters. The Hall–Kier alpha value is -1.46. The molecule has 1 aromatic carbocycles. The van der Waals surface area contributed by atoms with Gasteiger partial charge in [-0.1, -0.05) is 13.0 Å². The highest BCUT2D eigenvalue weighted by molar-refractivity contribution is 9.10. The molecule has 3 rings (SSSR count). The number of fused-ring (bicyclic) bond motifs is 1. The Morgan fingerprint density at radius 3 is 2.70 bits per heavy atom. The number of furan rings is 1. The fourth-order valence-electron chi connectivity index (χ4n) is 2.36. The lowest BCUT2D eigenvalue weighted by Crippen LogP contribution is -2.22. The quantitative estimate of drug-likeness (QED) is 0.927. The average molecular weight is 338 g/mol. The van der Waals surface area contributed by atoms with E-state index >= 15 is 0 Å². The SMILES string of the molecule is CCNC(c1ccc2c(c1)OCCO2)c1ccoc1Br. The Kier molecular flexibility index (Phi) is 3.98. The highest BCUT2D eigenvalue weighted by Gasteiger charge is 2.20. The van der Waals surface area contributed by atoms with Crippen LogP contribution in [0.15, 0.2) is 39.6 Å². The third kappa shape index (κ3) is 2.55. The van der Waals surface area contributed by atoms with E-state index in [-0.39, 0.29) is 6.04 Å². The maximum absolute atomic E-state index is 5.65. The van der Waals surface area contributed by atoms with Crippen molar-refractivity contribution in [3.8, 4) is 11.5 Å². The molecule has 1 aliphatic heterocycles. The zero-order chi connectivity index (χ0) is 13.9. The largest absolute Gasteiger partial charge is 0.486 e. The van der Waals surface area contributed by atoms with Crippen LogP contribution in [0.2, 0.25) is 0 Å². The Morgan fingerprint density at radius 1 is 1.20 bits per heavy atom. The van der Waals surface area contributed by atoms with Crippen LogP contribution in [-0.2, 0) is 0 Å².